The molecule has 3 rings (SSSR count). The van der Waals surface area contributed by atoms with Gasteiger partial charge in [0.05, 0.1) is 23.6 Å². The Kier molecular flexibility index (Phi) is 4.90. The van der Waals surface area contributed by atoms with Gasteiger partial charge in [-0.1, -0.05) is 12.1 Å². The van der Waals surface area contributed by atoms with Crippen LogP contribution in [0, 0.1) is 12.7 Å². The number of nitrogens with zero attached hydrogens (tertiary/aromatic N) is 1. The van der Waals surface area contributed by atoms with Crippen molar-refractivity contribution in [1.82, 2.24) is 10.3 Å². The minimum Gasteiger partial charge on any atom is -0.463 e. The number of aliphatic hydroxyl groups excluding tert-OH is 1. The molecule has 0 bridgehead atoms. The van der Waals surface area contributed by atoms with Crippen molar-refractivity contribution in [2.24, 2.45) is 0 Å². The summed E-state index contributed by atoms with van der Waals surface area (Å²) < 4.78 is 18.5. The van der Waals surface area contributed by atoms with Crippen molar-refractivity contribution in [2.75, 3.05) is 6.54 Å². The Morgan fingerprint density at radius 3 is 2.80 bits per heavy atom. The number of rotatable bonds is 5. The van der Waals surface area contributed by atoms with Crippen LogP contribution in [-0.4, -0.2) is 22.5 Å². The van der Waals surface area contributed by atoms with Gasteiger partial charge in [-0.05, 0) is 48.9 Å². The molecule has 0 saturated carbocycles. The Morgan fingerprint density at radius 2 is 2.12 bits per heavy atom. The van der Waals surface area contributed by atoms with E-state index in [9.17, 15) is 14.3 Å². The molecule has 0 unspecified atom stereocenters. The highest BCUT2D eigenvalue weighted by molar-refractivity contribution is 5.95. The monoisotopic (exact) mass is 340 g/mol. The Labute approximate surface area is 144 Å². The molecule has 1 amide bonds. The van der Waals surface area contributed by atoms with Crippen LogP contribution in [0.4, 0.5) is 4.39 Å². The van der Waals surface area contributed by atoms with Gasteiger partial charge in [0.2, 0.25) is 0 Å². The number of aliphatic hydroxyl groups is 1. The van der Waals surface area contributed by atoms with Crippen LogP contribution >= 0.6 is 0 Å². The van der Waals surface area contributed by atoms with E-state index in [0.29, 0.717) is 28.3 Å². The summed E-state index contributed by atoms with van der Waals surface area (Å²) in [5, 5.41) is 12.7. The molecule has 25 heavy (non-hydrogen) atoms. The maximum absolute atomic E-state index is 13.2. The second-order valence-electron chi connectivity index (χ2n) is 5.59. The zero-order valence-electron chi connectivity index (χ0n) is 13.6. The molecule has 5 nitrogen and oxygen atoms in total. The van der Waals surface area contributed by atoms with E-state index in [4.69, 9.17) is 4.42 Å². The largest absolute Gasteiger partial charge is 0.463 e. The first-order chi connectivity index (χ1) is 12.0. The van der Waals surface area contributed by atoms with E-state index in [1.54, 1.807) is 43.5 Å². The molecule has 2 heterocycles. The van der Waals surface area contributed by atoms with Crippen molar-refractivity contribution in [3.8, 4) is 11.5 Å². The Morgan fingerprint density at radius 1 is 1.28 bits per heavy atom. The molecule has 0 fully saturated rings. The Hall–Kier alpha value is -2.99. The van der Waals surface area contributed by atoms with E-state index in [2.05, 4.69) is 10.3 Å². The smallest absolute Gasteiger partial charge is 0.253 e. The lowest BCUT2D eigenvalue weighted by Crippen LogP contribution is -2.29. The van der Waals surface area contributed by atoms with Gasteiger partial charge in [0.1, 0.15) is 11.5 Å². The number of hydrogen-bond acceptors (Lipinski definition) is 4. The van der Waals surface area contributed by atoms with Gasteiger partial charge in [-0.25, -0.2) is 9.37 Å². The van der Waals surface area contributed by atoms with Crippen LogP contribution in [-0.2, 0) is 0 Å². The van der Waals surface area contributed by atoms with Gasteiger partial charge in [0.15, 0.2) is 5.76 Å². The van der Waals surface area contributed by atoms with Gasteiger partial charge in [-0.15, -0.1) is 0 Å². The fraction of sp³-hybridized carbons (Fsp3) is 0.158. The van der Waals surface area contributed by atoms with E-state index in [1.165, 1.54) is 18.2 Å². The fourth-order valence-electron chi connectivity index (χ4n) is 2.48. The molecule has 1 atom stereocenters. The number of aromatic nitrogens is 1. The molecule has 1 aromatic carbocycles. The summed E-state index contributed by atoms with van der Waals surface area (Å²) in [5.74, 6) is -0.167. The molecule has 2 aromatic heterocycles. The number of carbonyl (C=O) groups excluding carboxylic acids is 1. The summed E-state index contributed by atoms with van der Waals surface area (Å²) in [5.41, 5.74) is 2.00. The van der Waals surface area contributed by atoms with Crippen molar-refractivity contribution in [1.29, 1.82) is 0 Å². The first kappa shape index (κ1) is 16.9. The number of furan rings is 1. The standard InChI is InChI=1S/C19H17FN2O3/c1-12-15(7-8-16(22-12)18-6-3-9-25-18)19(24)21-11-17(23)13-4-2-5-14(20)10-13/h2-10,17,23H,11H2,1H3,(H,21,24)/t17-/m0/s1. The zero-order chi connectivity index (χ0) is 17.8. The normalized spacial score (nSPS) is 12.0. The molecule has 0 aliphatic carbocycles. The average molecular weight is 340 g/mol. The van der Waals surface area contributed by atoms with Crippen molar-refractivity contribution in [3.05, 3.63) is 77.4 Å². The maximum atomic E-state index is 13.2. The minimum absolute atomic E-state index is 0.0261. The van der Waals surface area contributed by atoms with Crippen molar-refractivity contribution < 1.29 is 18.7 Å². The number of benzene rings is 1. The van der Waals surface area contributed by atoms with Gasteiger partial charge in [-0.2, -0.15) is 0 Å². The summed E-state index contributed by atoms with van der Waals surface area (Å²) in [6.07, 6.45) is 0.566. The van der Waals surface area contributed by atoms with Crippen LogP contribution in [0.1, 0.15) is 27.7 Å². The molecular weight excluding hydrogens is 323 g/mol. The Bertz CT molecular complexity index is 878. The second-order valence-corrected chi connectivity index (χ2v) is 5.59. The number of hydrogen-bond donors (Lipinski definition) is 2. The van der Waals surface area contributed by atoms with Crippen LogP contribution in [0.3, 0.4) is 0 Å². The van der Waals surface area contributed by atoms with Gasteiger partial charge < -0.3 is 14.8 Å². The molecule has 0 aliphatic rings. The zero-order valence-corrected chi connectivity index (χ0v) is 13.6. The van der Waals surface area contributed by atoms with Crippen LogP contribution < -0.4 is 5.32 Å². The molecule has 0 aliphatic heterocycles. The van der Waals surface area contributed by atoms with Gasteiger partial charge in [0.25, 0.3) is 5.91 Å². The summed E-state index contributed by atoms with van der Waals surface area (Å²) >= 11 is 0. The van der Waals surface area contributed by atoms with Gasteiger partial charge >= 0.3 is 0 Å². The number of pyridine rings is 1. The molecule has 6 heteroatoms. The summed E-state index contributed by atoms with van der Waals surface area (Å²) in [6, 6.07) is 12.6. The van der Waals surface area contributed by atoms with E-state index < -0.39 is 11.9 Å². The predicted octanol–water partition coefficient (Wildman–Crippen LogP) is 3.25. The van der Waals surface area contributed by atoms with E-state index in [-0.39, 0.29) is 12.5 Å². The third kappa shape index (κ3) is 3.92. The first-order valence-corrected chi connectivity index (χ1v) is 7.78. The molecule has 2 N–H and O–H groups in total. The van der Waals surface area contributed by atoms with Crippen molar-refractivity contribution >= 4 is 5.91 Å². The van der Waals surface area contributed by atoms with Crippen LogP contribution in [0.25, 0.3) is 11.5 Å². The fourth-order valence-corrected chi connectivity index (χ4v) is 2.48. The molecule has 3 aromatic rings. The molecular formula is C19H17FN2O3. The average Bonchev–Trinajstić information content (AvgIpc) is 3.14. The Balaban J connectivity index is 1.67. The van der Waals surface area contributed by atoms with Crippen molar-refractivity contribution in [3.63, 3.8) is 0 Å². The minimum atomic E-state index is -0.990. The lowest BCUT2D eigenvalue weighted by atomic mass is 10.1. The van der Waals surface area contributed by atoms with Crippen molar-refractivity contribution in [2.45, 2.75) is 13.0 Å². The maximum Gasteiger partial charge on any atom is 0.253 e. The lowest BCUT2D eigenvalue weighted by molar-refractivity contribution is 0.0915. The topological polar surface area (TPSA) is 75.4 Å². The number of aryl methyl sites for hydroxylation is 1. The summed E-state index contributed by atoms with van der Waals surface area (Å²) in [6.45, 7) is 1.70. The summed E-state index contributed by atoms with van der Waals surface area (Å²) in [4.78, 5) is 16.7. The van der Waals surface area contributed by atoms with Gasteiger partial charge in [0, 0.05) is 6.54 Å². The number of nitrogens with one attached hydrogen (secondary N) is 1. The third-order valence-corrected chi connectivity index (χ3v) is 3.79. The highest BCUT2D eigenvalue weighted by atomic mass is 19.1. The van der Waals surface area contributed by atoms with Crippen LogP contribution in [0.2, 0.25) is 0 Å². The predicted molar refractivity (Wildman–Crippen MR) is 90.4 cm³/mol. The van der Waals surface area contributed by atoms with E-state index >= 15 is 0 Å². The SMILES string of the molecule is Cc1nc(-c2ccco2)ccc1C(=O)NC[C@H](O)c1cccc(F)c1. The van der Waals surface area contributed by atoms with Gasteiger partial charge in [-0.3, -0.25) is 4.79 Å². The molecule has 0 spiro atoms. The molecule has 128 valence electrons. The lowest BCUT2D eigenvalue weighted by Gasteiger charge is -2.13. The van der Waals surface area contributed by atoms with Crippen LogP contribution in [0.15, 0.2) is 59.2 Å². The molecule has 0 radical (unpaired) electrons. The van der Waals surface area contributed by atoms with Crippen LogP contribution in [0.5, 0.6) is 0 Å². The second kappa shape index (κ2) is 7.27. The summed E-state index contributed by atoms with van der Waals surface area (Å²) in [7, 11) is 0. The van der Waals surface area contributed by atoms with E-state index in [0.717, 1.165) is 0 Å². The quantitative estimate of drug-likeness (QED) is 0.747. The number of halogens is 1. The number of carbonyl (C=O) groups is 1. The number of amides is 1. The first-order valence-electron chi connectivity index (χ1n) is 7.78. The third-order valence-electron chi connectivity index (χ3n) is 3.79. The highest BCUT2D eigenvalue weighted by Crippen LogP contribution is 2.19. The molecule has 0 saturated heterocycles. The van der Waals surface area contributed by atoms with E-state index in [1.807, 2.05) is 0 Å². The highest BCUT2D eigenvalue weighted by Gasteiger charge is 2.15.